The van der Waals surface area contributed by atoms with Crippen molar-refractivity contribution >= 4 is 11.6 Å². The van der Waals surface area contributed by atoms with Gasteiger partial charge in [0.1, 0.15) is 11.6 Å². The van der Waals surface area contributed by atoms with E-state index in [4.69, 9.17) is 0 Å². The number of amides is 1. The molecule has 1 fully saturated rings. The standard InChI is InChI=1S/C22H22F2N4O/c1-14-5-6-17(12-20(14)24)27-22(29)19-13-26-28(18-4-2-3-16(23)11-18)21(19)15-7-9-25-10-8-15/h2-6,11-13,15,25H,7-10H2,1H3,(H,27,29). The van der Waals surface area contributed by atoms with Gasteiger partial charge in [-0.25, -0.2) is 13.5 Å². The summed E-state index contributed by atoms with van der Waals surface area (Å²) in [6.07, 6.45) is 3.20. The van der Waals surface area contributed by atoms with Crippen LogP contribution >= 0.6 is 0 Å². The van der Waals surface area contributed by atoms with Crippen molar-refractivity contribution in [1.29, 1.82) is 0 Å². The van der Waals surface area contributed by atoms with Crippen LogP contribution in [0.15, 0.2) is 48.7 Å². The summed E-state index contributed by atoms with van der Waals surface area (Å²) in [6.45, 7) is 3.34. The smallest absolute Gasteiger partial charge is 0.259 e. The minimum absolute atomic E-state index is 0.109. The molecule has 0 radical (unpaired) electrons. The fourth-order valence-corrected chi connectivity index (χ4v) is 3.70. The molecular weight excluding hydrogens is 374 g/mol. The van der Waals surface area contributed by atoms with Crippen LogP contribution in [0.4, 0.5) is 14.5 Å². The first kappa shape index (κ1) is 19.3. The van der Waals surface area contributed by atoms with Crippen molar-refractivity contribution in [2.45, 2.75) is 25.7 Å². The number of anilines is 1. The highest BCUT2D eigenvalue weighted by atomic mass is 19.1. The maximum atomic E-state index is 13.9. The molecule has 2 aromatic carbocycles. The van der Waals surface area contributed by atoms with Crippen molar-refractivity contribution < 1.29 is 13.6 Å². The molecule has 1 aliphatic heterocycles. The monoisotopic (exact) mass is 396 g/mol. The summed E-state index contributed by atoms with van der Waals surface area (Å²) in [6, 6.07) is 10.7. The number of hydrogen-bond donors (Lipinski definition) is 2. The average molecular weight is 396 g/mol. The van der Waals surface area contributed by atoms with Gasteiger partial charge in [-0.05, 0) is 68.8 Å². The molecule has 0 aliphatic carbocycles. The van der Waals surface area contributed by atoms with Gasteiger partial charge in [0, 0.05) is 11.6 Å². The van der Waals surface area contributed by atoms with Crippen LogP contribution in [0, 0.1) is 18.6 Å². The maximum Gasteiger partial charge on any atom is 0.259 e. The second kappa shape index (κ2) is 8.13. The highest BCUT2D eigenvalue weighted by Crippen LogP contribution is 2.31. The van der Waals surface area contributed by atoms with Gasteiger partial charge in [0.2, 0.25) is 0 Å². The number of carbonyl (C=O) groups is 1. The van der Waals surface area contributed by atoms with E-state index in [1.165, 1.54) is 24.4 Å². The van der Waals surface area contributed by atoms with E-state index in [1.807, 2.05) is 0 Å². The number of benzene rings is 2. The topological polar surface area (TPSA) is 59.0 Å². The van der Waals surface area contributed by atoms with Crippen molar-refractivity contribution in [3.63, 3.8) is 0 Å². The van der Waals surface area contributed by atoms with E-state index >= 15 is 0 Å². The van der Waals surface area contributed by atoms with Gasteiger partial charge in [-0.15, -0.1) is 0 Å². The van der Waals surface area contributed by atoms with Crippen molar-refractivity contribution in [1.82, 2.24) is 15.1 Å². The molecule has 0 atom stereocenters. The van der Waals surface area contributed by atoms with Crippen molar-refractivity contribution in [3.8, 4) is 5.69 Å². The zero-order chi connectivity index (χ0) is 20.4. The molecule has 0 bridgehead atoms. The molecule has 0 spiro atoms. The van der Waals surface area contributed by atoms with Crippen LogP contribution in [0.1, 0.15) is 40.4 Å². The Morgan fingerprint density at radius 1 is 1.17 bits per heavy atom. The second-order valence-electron chi connectivity index (χ2n) is 7.28. The molecule has 0 unspecified atom stereocenters. The average Bonchev–Trinajstić information content (AvgIpc) is 3.17. The van der Waals surface area contributed by atoms with Gasteiger partial charge in [0.25, 0.3) is 5.91 Å². The normalized spacial score (nSPS) is 14.7. The molecule has 0 saturated carbocycles. The lowest BCUT2D eigenvalue weighted by Crippen LogP contribution is -2.29. The first-order valence-electron chi connectivity index (χ1n) is 9.65. The SMILES string of the molecule is Cc1ccc(NC(=O)c2cnn(-c3cccc(F)c3)c2C2CCNCC2)cc1F. The third-order valence-electron chi connectivity index (χ3n) is 5.26. The van der Waals surface area contributed by atoms with E-state index in [0.717, 1.165) is 31.6 Å². The third-order valence-corrected chi connectivity index (χ3v) is 5.26. The summed E-state index contributed by atoms with van der Waals surface area (Å²) in [4.78, 5) is 13.0. The molecule has 2 heterocycles. The Balaban J connectivity index is 1.72. The Bertz CT molecular complexity index is 1040. The number of rotatable bonds is 4. The molecule has 1 aromatic heterocycles. The zero-order valence-corrected chi connectivity index (χ0v) is 16.1. The Morgan fingerprint density at radius 2 is 1.97 bits per heavy atom. The lowest BCUT2D eigenvalue weighted by molar-refractivity contribution is 0.102. The number of carbonyl (C=O) groups excluding carboxylic acids is 1. The van der Waals surface area contributed by atoms with E-state index in [-0.39, 0.29) is 23.5 Å². The summed E-state index contributed by atoms with van der Waals surface area (Å²) in [5.74, 6) is -0.991. The van der Waals surface area contributed by atoms with Gasteiger partial charge >= 0.3 is 0 Å². The molecule has 29 heavy (non-hydrogen) atoms. The minimum Gasteiger partial charge on any atom is -0.322 e. The summed E-state index contributed by atoms with van der Waals surface area (Å²) in [7, 11) is 0. The van der Waals surface area contributed by atoms with Crippen molar-refractivity contribution in [2.24, 2.45) is 0 Å². The van der Waals surface area contributed by atoms with Crippen LogP contribution in [0.5, 0.6) is 0 Å². The van der Waals surface area contributed by atoms with Gasteiger partial charge in [0.05, 0.1) is 23.1 Å². The van der Waals surface area contributed by atoms with Gasteiger partial charge in [-0.3, -0.25) is 4.79 Å². The summed E-state index contributed by atoms with van der Waals surface area (Å²) in [5, 5.41) is 10.5. The zero-order valence-electron chi connectivity index (χ0n) is 16.1. The predicted molar refractivity (Wildman–Crippen MR) is 107 cm³/mol. The van der Waals surface area contributed by atoms with E-state index < -0.39 is 0 Å². The first-order valence-corrected chi connectivity index (χ1v) is 9.65. The molecule has 2 N–H and O–H groups in total. The molecule has 5 nitrogen and oxygen atoms in total. The third kappa shape index (κ3) is 4.05. The fraction of sp³-hybridized carbons (Fsp3) is 0.273. The quantitative estimate of drug-likeness (QED) is 0.696. The van der Waals surface area contributed by atoms with Crippen LogP contribution in [0.25, 0.3) is 5.69 Å². The largest absolute Gasteiger partial charge is 0.322 e. The minimum atomic E-state index is -0.378. The highest BCUT2D eigenvalue weighted by molar-refractivity contribution is 6.05. The van der Waals surface area contributed by atoms with Crippen molar-refractivity contribution in [3.05, 3.63) is 77.1 Å². The maximum absolute atomic E-state index is 13.9. The Hall–Kier alpha value is -3.06. The lowest BCUT2D eigenvalue weighted by atomic mass is 9.91. The predicted octanol–water partition coefficient (Wildman–Crippen LogP) is 4.18. The van der Waals surface area contributed by atoms with E-state index in [9.17, 15) is 13.6 Å². The molecule has 1 amide bonds. The number of nitrogens with one attached hydrogen (secondary N) is 2. The Kier molecular flexibility index (Phi) is 5.40. The molecule has 7 heteroatoms. The number of aryl methyl sites for hydroxylation is 1. The Morgan fingerprint density at radius 3 is 2.69 bits per heavy atom. The number of halogens is 2. The molecule has 3 aromatic rings. The highest BCUT2D eigenvalue weighted by Gasteiger charge is 2.27. The number of nitrogens with zero attached hydrogens (tertiary/aromatic N) is 2. The van der Waals surface area contributed by atoms with Gasteiger partial charge in [-0.2, -0.15) is 5.10 Å². The van der Waals surface area contributed by atoms with Crippen LogP contribution in [-0.2, 0) is 0 Å². The number of piperidine rings is 1. The fourth-order valence-electron chi connectivity index (χ4n) is 3.70. The van der Waals surface area contributed by atoms with Crippen LogP contribution in [0.2, 0.25) is 0 Å². The number of aromatic nitrogens is 2. The van der Waals surface area contributed by atoms with E-state index in [1.54, 1.807) is 35.9 Å². The van der Waals surface area contributed by atoms with Crippen LogP contribution in [-0.4, -0.2) is 28.8 Å². The Labute approximate surface area is 167 Å². The first-order chi connectivity index (χ1) is 14.0. The molecule has 4 rings (SSSR count). The lowest BCUT2D eigenvalue weighted by Gasteiger charge is -2.24. The summed E-state index contributed by atoms with van der Waals surface area (Å²) < 4.78 is 29.3. The molecule has 1 saturated heterocycles. The molecular formula is C22H22F2N4O. The summed E-state index contributed by atoms with van der Waals surface area (Å²) >= 11 is 0. The molecule has 150 valence electrons. The van der Waals surface area contributed by atoms with Crippen LogP contribution in [0.3, 0.4) is 0 Å². The summed E-state index contributed by atoms with van der Waals surface area (Å²) in [5.41, 5.74) is 2.63. The van der Waals surface area contributed by atoms with Gasteiger partial charge in [0.15, 0.2) is 0 Å². The second-order valence-corrected chi connectivity index (χ2v) is 7.28. The van der Waals surface area contributed by atoms with Gasteiger partial charge in [-0.1, -0.05) is 12.1 Å². The van der Waals surface area contributed by atoms with Crippen molar-refractivity contribution in [2.75, 3.05) is 18.4 Å². The van der Waals surface area contributed by atoms with E-state index in [2.05, 4.69) is 15.7 Å². The number of hydrogen-bond acceptors (Lipinski definition) is 3. The van der Waals surface area contributed by atoms with E-state index in [0.29, 0.717) is 22.5 Å². The van der Waals surface area contributed by atoms with Crippen LogP contribution < -0.4 is 10.6 Å². The van der Waals surface area contributed by atoms with Gasteiger partial charge < -0.3 is 10.6 Å². The molecule has 1 aliphatic rings.